The summed E-state index contributed by atoms with van der Waals surface area (Å²) in [4.78, 5) is 13.0. The second-order valence-corrected chi connectivity index (χ2v) is 5.47. The highest BCUT2D eigenvalue weighted by Gasteiger charge is 2.29. The van der Waals surface area contributed by atoms with Gasteiger partial charge in [-0.2, -0.15) is 9.97 Å². The molecular weight excluding hydrogens is 288 g/mol. The Morgan fingerprint density at radius 1 is 1.29 bits per heavy atom. The van der Waals surface area contributed by atoms with Crippen molar-refractivity contribution in [2.45, 2.75) is 18.8 Å². The van der Waals surface area contributed by atoms with Gasteiger partial charge in [-0.3, -0.25) is 4.57 Å². The van der Waals surface area contributed by atoms with Gasteiger partial charge in [-0.1, -0.05) is 6.07 Å². The number of hydrogen-bond acceptors (Lipinski definition) is 4. The molecule has 1 aliphatic rings. The molecule has 5 nitrogen and oxygen atoms in total. The van der Waals surface area contributed by atoms with Gasteiger partial charge in [0.05, 0.1) is 7.11 Å². The highest BCUT2D eigenvalue weighted by Crippen LogP contribution is 2.43. The SMILES string of the molecule is COc1cccc(-n2c(C3CC3)cc3cnc(Cl)nc32)n1. The van der Waals surface area contributed by atoms with Crippen LogP contribution in [0.25, 0.3) is 16.9 Å². The van der Waals surface area contributed by atoms with Crippen LogP contribution in [0.1, 0.15) is 24.5 Å². The minimum Gasteiger partial charge on any atom is -0.481 e. The molecule has 1 aliphatic carbocycles. The fraction of sp³-hybridized carbons (Fsp3) is 0.267. The maximum absolute atomic E-state index is 5.96. The molecule has 0 saturated heterocycles. The number of hydrogen-bond donors (Lipinski definition) is 0. The molecule has 0 N–H and O–H groups in total. The van der Waals surface area contributed by atoms with Crippen LogP contribution >= 0.6 is 11.6 Å². The highest BCUT2D eigenvalue weighted by molar-refractivity contribution is 6.28. The predicted octanol–water partition coefficient (Wildman–Crippen LogP) is 3.35. The molecule has 0 atom stereocenters. The van der Waals surface area contributed by atoms with E-state index >= 15 is 0 Å². The van der Waals surface area contributed by atoms with Gasteiger partial charge in [0.15, 0.2) is 5.65 Å². The number of rotatable bonds is 3. The van der Waals surface area contributed by atoms with Gasteiger partial charge < -0.3 is 4.74 Å². The summed E-state index contributed by atoms with van der Waals surface area (Å²) in [7, 11) is 1.61. The van der Waals surface area contributed by atoms with Crippen molar-refractivity contribution in [1.82, 2.24) is 19.5 Å². The summed E-state index contributed by atoms with van der Waals surface area (Å²) < 4.78 is 7.28. The molecule has 4 rings (SSSR count). The summed E-state index contributed by atoms with van der Waals surface area (Å²) in [5.41, 5.74) is 2.00. The van der Waals surface area contributed by atoms with Crippen molar-refractivity contribution < 1.29 is 4.74 Å². The third kappa shape index (κ3) is 2.14. The summed E-state index contributed by atoms with van der Waals surface area (Å²) >= 11 is 5.96. The van der Waals surface area contributed by atoms with Crippen molar-refractivity contribution in [2.24, 2.45) is 0 Å². The van der Waals surface area contributed by atoms with Crippen molar-refractivity contribution in [3.63, 3.8) is 0 Å². The largest absolute Gasteiger partial charge is 0.481 e. The van der Waals surface area contributed by atoms with Gasteiger partial charge in [0.1, 0.15) is 5.82 Å². The molecule has 21 heavy (non-hydrogen) atoms. The molecule has 6 heteroatoms. The summed E-state index contributed by atoms with van der Waals surface area (Å²) in [5, 5.41) is 1.22. The third-order valence-electron chi connectivity index (χ3n) is 3.68. The van der Waals surface area contributed by atoms with Crippen LogP contribution in [0, 0.1) is 0 Å². The first kappa shape index (κ1) is 12.6. The maximum atomic E-state index is 5.96. The molecular formula is C15H13ClN4O. The van der Waals surface area contributed by atoms with Gasteiger partial charge >= 0.3 is 0 Å². The van der Waals surface area contributed by atoms with Crippen LogP contribution in [-0.4, -0.2) is 26.6 Å². The normalized spacial score (nSPS) is 14.6. The van der Waals surface area contributed by atoms with Gasteiger partial charge in [-0.25, -0.2) is 4.98 Å². The number of nitrogens with zero attached hydrogens (tertiary/aromatic N) is 4. The first-order valence-electron chi connectivity index (χ1n) is 6.81. The van der Waals surface area contributed by atoms with E-state index in [0.717, 1.165) is 16.9 Å². The molecule has 3 aromatic heterocycles. The number of pyridine rings is 1. The molecule has 0 amide bonds. The minimum absolute atomic E-state index is 0.243. The van der Waals surface area contributed by atoms with Crippen LogP contribution in [0.15, 0.2) is 30.5 Å². The van der Waals surface area contributed by atoms with E-state index in [2.05, 4.69) is 25.6 Å². The van der Waals surface area contributed by atoms with E-state index in [-0.39, 0.29) is 5.28 Å². The van der Waals surface area contributed by atoms with Gasteiger partial charge in [0, 0.05) is 23.3 Å². The van der Waals surface area contributed by atoms with E-state index in [4.69, 9.17) is 16.3 Å². The zero-order valence-corrected chi connectivity index (χ0v) is 12.2. The first-order chi connectivity index (χ1) is 10.3. The Morgan fingerprint density at radius 2 is 2.14 bits per heavy atom. The summed E-state index contributed by atoms with van der Waals surface area (Å²) in [6.07, 6.45) is 4.15. The Hall–Kier alpha value is -2.14. The monoisotopic (exact) mass is 300 g/mol. The predicted molar refractivity (Wildman–Crippen MR) is 80.2 cm³/mol. The van der Waals surface area contributed by atoms with E-state index in [1.165, 1.54) is 18.5 Å². The van der Waals surface area contributed by atoms with Crippen LogP contribution in [-0.2, 0) is 0 Å². The molecule has 1 saturated carbocycles. The molecule has 3 heterocycles. The second-order valence-electron chi connectivity index (χ2n) is 5.14. The van der Waals surface area contributed by atoms with Crippen LogP contribution in [0.2, 0.25) is 5.28 Å². The lowest BCUT2D eigenvalue weighted by molar-refractivity contribution is 0.397. The van der Waals surface area contributed by atoms with E-state index in [1.54, 1.807) is 13.3 Å². The summed E-state index contributed by atoms with van der Waals surface area (Å²) in [6, 6.07) is 7.83. The maximum Gasteiger partial charge on any atom is 0.224 e. The van der Waals surface area contributed by atoms with Gasteiger partial charge in [0.25, 0.3) is 0 Å². The van der Waals surface area contributed by atoms with Crippen molar-refractivity contribution in [3.05, 3.63) is 41.4 Å². The fourth-order valence-corrected chi connectivity index (χ4v) is 2.68. The molecule has 0 bridgehead atoms. The van der Waals surface area contributed by atoms with Crippen molar-refractivity contribution in [3.8, 4) is 11.7 Å². The molecule has 3 aromatic rings. The lowest BCUT2D eigenvalue weighted by Crippen LogP contribution is -2.03. The Balaban J connectivity index is 2.00. The minimum atomic E-state index is 0.243. The molecule has 1 fully saturated rings. The molecule has 0 radical (unpaired) electrons. The topological polar surface area (TPSA) is 52.8 Å². The average Bonchev–Trinajstić information content (AvgIpc) is 3.28. The smallest absolute Gasteiger partial charge is 0.224 e. The number of methoxy groups -OCH3 is 1. The van der Waals surface area contributed by atoms with E-state index < -0.39 is 0 Å². The number of ether oxygens (including phenoxy) is 1. The Kier molecular flexibility index (Phi) is 2.82. The van der Waals surface area contributed by atoms with Gasteiger partial charge in [0.2, 0.25) is 11.2 Å². The zero-order valence-electron chi connectivity index (χ0n) is 11.5. The van der Waals surface area contributed by atoms with Crippen molar-refractivity contribution >= 4 is 22.6 Å². The number of halogens is 1. The van der Waals surface area contributed by atoms with E-state index in [1.807, 2.05) is 18.2 Å². The number of aromatic nitrogens is 4. The van der Waals surface area contributed by atoms with Gasteiger partial charge in [-0.05, 0) is 42.5 Å². The summed E-state index contributed by atoms with van der Waals surface area (Å²) in [5.74, 6) is 1.93. The Bertz CT molecular complexity index is 826. The molecule has 0 unspecified atom stereocenters. The zero-order chi connectivity index (χ0) is 14.4. The van der Waals surface area contributed by atoms with Crippen LogP contribution in [0.3, 0.4) is 0 Å². The second kappa shape index (κ2) is 4.70. The molecule has 0 spiro atoms. The van der Waals surface area contributed by atoms with Crippen molar-refractivity contribution in [1.29, 1.82) is 0 Å². The quantitative estimate of drug-likeness (QED) is 0.696. The molecule has 0 aliphatic heterocycles. The highest BCUT2D eigenvalue weighted by atomic mass is 35.5. The van der Waals surface area contributed by atoms with Crippen LogP contribution in [0.4, 0.5) is 0 Å². The van der Waals surface area contributed by atoms with Crippen LogP contribution in [0.5, 0.6) is 5.88 Å². The van der Waals surface area contributed by atoms with Crippen LogP contribution < -0.4 is 4.74 Å². The van der Waals surface area contributed by atoms with E-state index in [9.17, 15) is 0 Å². The fourth-order valence-electron chi connectivity index (χ4n) is 2.55. The average molecular weight is 301 g/mol. The van der Waals surface area contributed by atoms with E-state index in [0.29, 0.717) is 11.8 Å². The number of fused-ring (bicyclic) bond motifs is 1. The summed E-state index contributed by atoms with van der Waals surface area (Å²) in [6.45, 7) is 0. The Morgan fingerprint density at radius 3 is 2.90 bits per heavy atom. The third-order valence-corrected chi connectivity index (χ3v) is 3.86. The molecule has 106 valence electrons. The lowest BCUT2D eigenvalue weighted by Gasteiger charge is -2.09. The molecule has 0 aromatic carbocycles. The van der Waals surface area contributed by atoms with Crippen molar-refractivity contribution in [2.75, 3.05) is 7.11 Å². The first-order valence-corrected chi connectivity index (χ1v) is 7.19. The standard InChI is InChI=1S/C15H13ClN4O/c1-21-13-4-2-3-12(18-13)20-11(9-5-6-9)7-10-8-17-15(16)19-14(10)20/h2-4,7-9H,5-6H2,1H3. The van der Waals surface area contributed by atoms with Gasteiger partial charge in [-0.15, -0.1) is 0 Å². The lowest BCUT2D eigenvalue weighted by atomic mass is 10.3. The Labute approximate surface area is 126 Å².